The molecule has 1 unspecified atom stereocenters. The van der Waals surface area contributed by atoms with Gasteiger partial charge in [0.1, 0.15) is 11.8 Å². The van der Waals surface area contributed by atoms with E-state index in [4.69, 9.17) is 4.74 Å². The molecule has 0 aliphatic rings. The van der Waals surface area contributed by atoms with Gasteiger partial charge in [-0.3, -0.25) is 4.79 Å². The molecular formula is C14H28O3Si. The first-order chi connectivity index (χ1) is 8.43. The molecule has 4 heteroatoms. The Labute approximate surface area is 112 Å². The Kier molecular flexibility index (Phi) is 8.98. The van der Waals surface area contributed by atoms with E-state index < -0.39 is 13.6 Å². The van der Waals surface area contributed by atoms with Gasteiger partial charge >= 0.3 is 5.97 Å². The van der Waals surface area contributed by atoms with Crippen LogP contribution in [0.2, 0.25) is 25.2 Å². The van der Waals surface area contributed by atoms with Crippen molar-refractivity contribution in [2.75, 3.05) is 6.61 Å². The summed E-state index contributed by atoms with van der Waals surface area (Å²) in [4.78, 5) is 22.7. The summed E-state index contributed by atoms with van der Waals surface area (Å²) in [5.41, 5.74) is -0.516. The van der Waals surface area contributed by atoms with E-state index in [1.165, 1.54) is 25.7 Å². The van der Waals surface area contributed by atoms with Crippen molar-refractivity contribution in [3.8, 4) is 0 Å². The van der Waals surface area contributed by atoms with Crippen LogP contribution >= 0.6 is 0 Å². The molecule has 0 aromatic heterocycles. The standard InChI is InChI=1S/C14H28O3Si/c1-5-6-7-8-9-10-11-17-14(16)13(12-15)18(2,3)4/h12-13H,5-11H2,1-4H3. The zero-order chi connectivity index (χ0) is 14.0. The van der Waals surface area contributed by atoms with E-state index in [1.54, 1.807) is 0 Å². The molecule has 0 heterocycles. The molecular weight excluding hydrogens is 244 g/mol. The molecule has 0 N–H and O–H groups in total. The van der Waals surface area contributed by atoms with Crippen molar-refractivity contribution < 1.29 is 14.3 Å². The minimum absolute atomic E-state index is 0.322. The van der Waals surface area contributed by atoms with Crippen LogP contribution in [0.15, 0.2) is 0 Å². The van der Waals surface area contributed by atoms with Gasteiger partial charge in [-0.15, -0.1) is 0 Å². The van der Waals surface area contributed by atoms with Crippen molar-refractivity contribution in [3.63, 3.8) is 0 Å². The van der Waals surface area contributed by atoms with Crippen LogP contribution in [-0.4, -0.2) is 26.9 Å². The first-order valence-corrected chi connectivity index (χ1v) is 10.6. The minimum atomic E-state index is -1.78. The second-order valence-electron chi connectivity index (χ2n) is 5.92. The van der Waals surface area contributed by atoms with Crippen molar-refractivity contribution in [3.05, 3.63) is 0 Å². The predicted molar refractivity (Wildman–Crippen MR) is 77.5 cm³/mol. The number of carbonyl (C=O) groups is 2. The number of aldehydes is 1. The van der Waals surface area contributed by atoms with Crippen LogP contribution in [0.5, 0.6) is 0 Å². The number of ether oxygens (including phenoxy) is 1. The molecule has 3 nitrogen and oxygen atoms in total. The fourth-order valence-corrected chi connectivity index (χ4v) is 2.96. The Balaban J connectivity index is 3.73. The Morgan fingerprint density at radius 1 is 1.11 bits per heavy atom. The molecule has 0 bridgehead atoms. The van der Waals surface area contributed by atoms with E-state index in [2.05, 4.69) is 6.92 Å². The quantitative estimate of drug-likeness (QED) is 0.200. The third kappa shape index (κ3) is 7.64. The van der Waals surface area contributed by atoms with Gasteiger partial charge in [0.2, 0.25) is 0 Å². The van der Waals surface area contributed by atoms with Crippen LogP contribution < -0.4 is 0 Å². The average Bonchev–Trinajstić information content (AvgIpc) is 2.27. The average molecular weight is 272 g/mol. The van der Waals surface area contributed by atoms with E-state index in [0.717, 1.165) is 19.1 Å². The SMILES string of the molecule is CCCCCCCCOC(=O)C(C=O)[Si](C)(C)C. The molecule has 1 atom stereocenters. The molecule has 0 saturated heterocycles. The van der Waals surface area contributed by atoms with Gasteiger partial charge in [-0.25, -0.2) is 0 Å². The van der Waals surface area contributed by atoms with Crippen LogP contribution in [-0.2, 0) is 14.3 Å². The molecule has 0 fully saturated rings. The van der Waals surface area contributed by atoms with Gasteiger partial charge in [-0.2, -0.15) is 0 Å². The van der Waals surface area contributed by atoms with Crippen LogP contribution in [0, 0.1) is 0 Å². The summed E-state index contributed by atoms with van der Waals surface area (Å²) in [6.45, 7) is 8.69. The number of carbonyl (C=O) groups excluding carboxylic acids is 2. The predicted octanol–water partition coefficient (Wildman–Crippen LogP) is 3.80. The second kappa shape index (κ2) is 9.31. The summed E-state index contributed by atoms with van der Waals surface area (Å²) < 4.78 is 5.19. The summed E-state index contributed by atoms with van der Waals surface area (Å²) in [5, 5.41) is 0. The molecule has 0 amide bonds. The second-order valence-corrected chi connectivity index (χ2v) is 11.3. The lowest BCUT2D eigenvalue weighted by atomic mass is 10.1. The lowest BCUT2D eigenvalue weighted by molar-refractivity contribution is -0.144. The fraction of sp³-hybridized carbons (Fsp3) is 0.857. The maximum absolute atomic E-state index is 11.7. The summed E-state index contributed by atoms with van der Waals surface area (Å²) in [7, 11) is -1.78. The first-order valence-electron chi connectivity index (χ1n) is 7.05. The number of hydrogen-bond donors (Lipinski definition) is 0. The molecule has 0 saturated carbocycles. The lowest BCUT2D eigenvalue weighted by Gasteiger charge is -2.21. The highest BCUT2D eigenvalue weighted by Gasteiger charge is 2.33. The fourth-order valence-electron chi connectivity index (χ4n) is 1.76. The normalized spacial score (nSPS) is 13.1. The summed E-state index contributed by atoms with van der Waals surface area (Å²) >= 11 is 0. The minimum Gasteiger partial charge on any atom is -0.465 e. The Bertz CT molecular complexity index is 246. The van der Waals surface area contributed by atoms with Gasteiger partial charge in [0.15, 0.2) is 0 Å². The number of rotatable bonds is 10. The molecule has 0 spiro atoms. The highest BCUT2D eigenvalue weighted by Crippen LogP contribution is 2.21. The van der Waals surface area contributed by atoms with E-state index >= 15 is 0 Å². The number of unbranched alkanes of at least 4 members (excludes halogenated alkanes) is 5. The Morgan fingerprint density at radius 3 is 2.17 bits per heavy atom. The van der Waals surface area contributed by atoms with E-state index in [9.17, 15) is 9.59 Å². The molecule has 0 radical (unpaired) electrons. The van der Waals surface area contributed by atoms with E-state index in [1.807, 2.05) is 19.6 Å². The topological polar surface area (TPSA) is 43.4 Å². The molecule has 18 heavy (non-hydrogen) atoms. The summed E-state index contributed by atoms with van der Waals surface area (Å²) in [6, 6.07) is 0. The molecule has 106 valence electrons. The number of esters is 1. The van der Waals surface area contributed by atoms with Crippen molar-refractivity contribution in [1.29, 1.82) is 0 Å². The maximum Gasteiger partial charge on any atom is 0.313 e. The number of hydrogen-bond acceptors (Lipinski definition) is 3. The van der Waals surface area contributed by atoms with E-state index in [-0.39, 0.29) is 5.97 Å². The van der Waals surface area contributed by atoms with Crippen molar-refractivity contribution in [2.24, 2.45) is 0 Å². The first kappa shape index (κ1) is 17.4. The summed E-state index contributed by atoms with van der Waals surface area (Å²) in [6.07, 6.45) is 7.76. The smallest absolute Gasteiger partial charge is 0.313 e. The van der Waals surface area contributed by atoms with E-state index in [0.29, 0.717) is 6.61 Å². The largest absolute Gasteiger partial charge is 0.465 e. The Morgan fingerprint density at radius 2 is 1.67 bits per heavy atom. The van der Waals surface area contributed by atoms with Crippen molar-refractivity contribution in [1.82, 2.24) is 0 Å². The zero-order valence-electron chi connectivity index (χ0n) is 12.3. The molecule has 0 aromatic rings. The van der Waals surface area contributed by atoms with Gasteiger partial charge in [0.05, 0.1) is 14.7 Å². The Hall–Kier alpha value is -0.643. The van der Waals surface area contributed by atoms with Gasteiger partial charge < -0.3 is 9.53 Å². The highest BCUT2D eigenvalue weighted by atomic mass is 28.3. The van der Waals surface area contributed by atoms with Crippen LogP contribution in [0.3, 0.4) is 0 Å². The molecule has 0 rings (SSSR count). The monoisotopic (exact) mass is 272 g/mol. The third-order valence-corrected chi connectivity index (χ3v) is 5.30. The van der Waals surface area contributed by atoms with Crippen LogP contribution in [0.25, 0.3) is 0 Å². The molecule has 0 aliphatic carbocycles. The summed E-state index contributed by atoms with van der Waals surface area (Å²) in [5.74, 6) is -0.322. The zero-order valence-corrected chi connectivity index (χ0v) is 13.3. The molecule has 0 aromatic carbocycles. The van der Waals surface area contributed by atoms with Crippen LogP contribution in [0.4, 0.5) is 0 Å². The third-order valence-electron chi connectivity index (χ3n) is 3.07. The van der Waals surface area contributed by atoms with Crippen LogP contribution in [0.1, 0.15) is 45.4 Å². The van der Waals surface area contributed by atoms with Gasteiger partial charge in [0.25, 0.3) is 0 Å². The highest BCUT2D eigenvalue weighted by molar-refractivity contribution is 6.83. The maximum atomic E-state index is 11.7. The van der Waals surface area contributed by atoms with Gasteiger partial charge in [-0.1, -0.05) is 58.7 Å². The lowest BCUT2D eigenvalue weighted by Crippen LogP contribution is -2.36. The van der Waals surface area contributed by atoms with Crippen molar-refractivity contribution >= 4 is 20.3 Å². The molecule has 0 aliphatic heterocycles. The van der Waals surface area contributed by atoms with Gasteiger partial charge in [0, 0.05) is 0 Å². The van der Waals surface area contributed by atoms with Gasteiger partial charge in [-0.05, 0) is 6.42 Å². The van der Waals surface area contributed by atoms with Crippen molar-refractivity contribution in [2.45, 2.75) is 70.6 Å².